The Kier molecular flexibility index (Phi) is 14.8. The first-order chi connectivity index (χ1) is 15.7. The molecule has 0 spiro atoms. The van der Waals surface area contributed by atoms with Crippen molar-refractivity contribution < 1.29 is 4.79 Å². The summed E-state index contributed by atoms with van der Waals surface area (Å²) in [5.41, 5.74) is 7.05. The lowest BCUT2D eigenvalue weighted by molar-refractivity contribution is -0.127. The Balaban J connectivity index is 2.26. The van der Waals surface area contributed by atoms with Crippen LogP contribution in [0.5, 0.6) is 0 Å². The van der Waals surface area contributed by atoms with Gasteiger partial charge < -0.3 is 9.80 Å². The summed E-state index contributed by atoms with van der Waals surface area (Å²) in [6.07, 6.45) is 20.2. The van der Waals surface area contributed by atoms with Crippen molar-refractivity contribution >= 4 is 5.91 Å². The Morgan fingerprint density at radius 3 is 1.42 bits per heavy atom. The lowest BCUT2D eigenvalue weighted by Crippen LogP contribution is -2.46. The highest BCUT2D eigenvalue weighted by Gasteiger charge is 2.17. The second-order valence-corrected chi connectivity index (χ2v) is 10.2. The standard InChI is InChI=1S/C30H50N2O/c1-25(2)12-8-13-26(3)14-9-15-27(4)16-10-17-28(5)18-11-19-29(6)24-30(33)32-22-20-31(7)21-23-32/h12,14,16,18,24H,8-11,13,15,17,19-23H2,1-7H3. The number of carbonyl (C=O) groups excluding carboxylic acids is 1. The summed E-state index contributed by atoms with van der Waals surface area (Å²) in [7, 11) is 2.11. The summed E-state index contributed by atoms with van der Waals surface area (Å²) in [4.78, 5) is 16.7. The van der Waals surface area contributed by atoms with E-state index in [1.54, 1.807) is 0 Å². The van der Waals surface area contributed by atoms with E-state index in [0.717, 1.165) is 71.1 Å². The first kappa shape index (κ1) is 29.2. The highest BCUT2D eigenvalue weighted by atomic mass is 16.2. The van der Waals surface area contributed by atoms with Crippen molar-refractivity contribution in [2.24, 2.45) is 0 Å². The van der Waals surface area contributed by atoms with Crippen LogP contribution in [0.3, 0.4) is 0 Å². The Labute approximate surface area is 205 Å². The number of carbonyl (C=O) groups is 1. The highest BCUT2D eigenvalue weighted by molar-refractivity contribution is 5.88. The van der Waals surface area contributed by atoms with E-state index in [1.807, 2.05) is 11.0 Å². The monoisotopic (exact) mass is 454 g/mol. The molecule has 1 heterocycles. The third kappa shape index (κ3) is 14.8. The van der Waals surface area contributed by atoms with Gasteiger partial charge in [-0.15, -0.1) is 0 Å². The van der Waals surface area contributed by atoms with Crippen molar-refractivity contribution in [1.82, 2.24) is 9.80 Å². The third-order valence-corrected chi connectivity index (χ3v) is 6.37. The number of likely N-dealkylation sites (N-methyl/N-ethyl adjacent to an activating group) is 1. The van der Waals surface area contributed by atoms with Crippen molar-refractivity contribution in [3.8, 4) is 0 Å². The average Bonchev–Trinajstić information content (AvgIpc) is 2.73. The maximum atomic E-state index is 12.4. The van der Waals surface area contributed by atoms with Crippen LogP contribution < -0.4 is 0 Å². The van der Waals surface area contributed by atoms with E-state index in [9.17, 15) is 4.79 Å². The number of amides is 1. The highest BCUT2D eigenvalue weighted by Crippen LogP contribution is 2.15. The molecule has 0 aromatic carbocycles. The van der Waals surface area contributed by atoms with Gasteiger partial charge in [0, 0.05) is 32.3 Å². The molecule has 33 heavy (non-hydrogen) atoms. The van der Waals surface area contributed by atoms with Gasteiger partial charge in [0.1, 0.15) is 0 Å². The maximum Gasteiger partial charge on any atom is 0.246 e. The summed E-state index contributed by atoms with van der Waals surface area (Å²) in [6.45, 7) is 16.8. The van der Waals surface area contributed by atoms with Gasteiger partial charge in [0.15, 0.2) is 0 Å². The van der Waals surface area contributed by atoms with Crippen LogP contribution in [-0.2, 0) is 4.79 Å². The molecular weight excluding hydrogens is 404 g/mol. The zero-order valence-electron chi connectivity index (χ0n) is 22.7. The predicted molar refractivity (Wildman–Crippen MR) is 145 cm³/mol. The molecule has 1 fully saturated rings. The summed E-state index contributed by atoms with van der Waals surface area (Å²) < 4.78 is 0. The number of allylic oxidation sites excluding steroid dienone is 9. The molecule has 0 atom stereocenters. The van der Waals surface area contributed by atoms with Crippen LogP contribution in [0, 0.1) is 0 Å². The first-order valence-corrected chi connectivity index (χ1v) is 12.9. The fourth-order valence-corrected chi connectivity index (χ4v) is 3.93. The van der Waals surface area contributed by atoms with E-state index in [0.29, 0.717) is 0 Å². The fraction of sp³-hybridized carbons (Fsp3) is 0.633. The van der Waals surface area contributed by atoms with Gasteiger partial charge >= 0.3 is 0 Å². The minimum atomic E-state index is 0.180. The van der Waals surface area contributed by atoms with Crippen molar-refractivity contribution in [1.29, 1.82) is 0 Å². The molecule has 3 heteroatoms. The van der Waals surface area contributed by atoms with Crippen LogP contribution in [0.4, 0.5) is 0 Å². The van der Waals surface area contributed by atoms with Gasteiger partial charge in [0.25, 0.3) is 0 Å². The van der Waals surface area contributed by atoms with Gasteiger partial charge in [0.2, 0.25) is 5.91 Å². The van der Waals surface area contributed by atoms with E-state index in [1.165, 1.54) is 34.3 Å². The van der Waals surface area contributed by atoms with E-state index in [4.69, 9.17) is 0 Å². The maximum absolute atomic E-state index is 12.4. The second kappa shape index (κ2) is 16.7. The zero-order chi connectivity index (χ0) is 24.6. The molecule has 0 N–H and O–H groups in total. The Bertz CT molecular complexity index is 739. The van der Waals surface area contributed by atoms with Crippen LogP contribution in [0.2, 0.25) is 0 Å². The summed E-state index contributed by atoms with van der Waals surface area (Å²) in [5.74, 6) is 0.180. The molecule has 1 amide bonds. The first-order valence-electron chi connectivity index (χ1n) is 12.9. The summed E-state index contributed by atoms with van der Waals surface area (Å²) in [6, 6.07) is 0. The molecule has 0 aromatic heterocycles. The lowest BCUT2D eigenvalue weighted by atomic mass is 10.0. The molecule has 3 nitrogen and oxygen atoms in total. The number of rotatable bonds is 13. The van der Waals surface area contributed by atoms with Gasteiger partial charge in [-0.25, -0.2) is 0 Å². The van der Waals surface area contributed by atoms with Crippen LogP contribution in [0.25, 0.3) is 0 Å². The summed E-state index contributed by atoms with van der Waals surface area (Å²) in [5, 5.41) is 0. The molecule has 0 aromatic rings. The second-order valence-electron chi connectivity index (χ2n) is 10.2. The topological polar surface area (TPSA) is 23.6 Å². The summed E-state index contributed by atoms with van der Waals surface area (Å²) >= 11 is 0. The Morgan fingerprint density at radius 1 is 0.606 bits per heavy atom. The minimum Gasteiger partial charge on any atom is -0.337 e. The molecule has 0 saturated carbocycles. The molecule has 1 aliphatic heterocycles. The largest absolute Gasteiger partial charge is 0.337 e. The molecule has 0 aliphatic carbocycles. The average molecular weight is 455 g/mol. The van der Waals surface area contributed by atoms with Gasteiger partial charge in [0.05, 0.1) is 0 Å². The van der Waals surface area contributed by atoms with Crippen molar-refractivity contribution in [3.63, 3.8) is 0 Å². The number of hydrogen-bond acceptors (Lipinski definition) is 2. The van der Waals surface area contributed by atoms with E-state index in [-0.39, 0.29) is 5.91 Å². The van der Waals surface area contributed by atoms with E-state index < -0.39 is 0 Å². The molecule has 1 aliphatic rings. The molecule has 0 bridgehead atoms. The van der Waals surface area contributed by atoms with Gasteiger partial charge in [-0.2, -0.15) is 0 Å². The van der Waals surface area contributed by atoms with Crippen LogP contribution in [0.15, 0.2) is 58.2 Å². The van der Waals surface area contributed by atoms with Gasteiger partial charge in [-0.05, 0) is 100.0 Å². The van der Waals surface area contributed by atoms with Gasteiger partial charge in [-0.3, -0.25) is 4.79 Å². The Hall–Kier alpha value is -1.87. The molecule has 186 valence electrons. The van der Waals surface area contributed by atoms with Crippen LogP contribution in [0.1, 0.15) is 92.9 Å². The Morgan fingerprint density at radius 2 is 1.00 bits per heavy atom. The SMILES string of the molecule is CC(C)=CCCC(C)=CCCC(C)=CCCC(C)=CCCC(C)=CC(=O)N1CCN(C)CC1. The fourth-order valence-electron chi connectivity index (χ4n) is 3.93. The predicted octanol–water partition coefficient (Wildman–Crippen LogP) is 7.63. The third-order valence-electron chi connectivity index (χ3n) is 6.37. The molecule has 0 unspecified atom stereocenters. The van der Waals surface area contributed by atoms with Crippen molar-refractivity contribution in [2.45, 2.75) is 92.9 Å². The molecule has 0 radical (unpaired) electrons. The van der Waals surface area contributed by atoms with Crippen molar-refractivity contribution in [2.75, 3.05) is 33.2 Å². The smallest absolute Gasteiger partial charge is 0.246 e. The van der Waals surface area contributed by atoms with Crippen LogP contribution >= 0.6 is 0 Å². The normalized spacial score (nSPS) is 16.9. The number of nitrogens with zero attached hydrogens (tertiary/aromatic N) is 2. The number of hydrogen-bond donors (Lipinski definition) is 0. The molecule has 1 rings (SSSR count). The van der Waals surface area contributed by atoms with Crippen molar-refractivity contribution in [3.05, 3.63) is 58.2 Å². The van der Waals surface area contributed by atoms with E-state index >= 15 is 0 Å². The molecule has 1 saturated heterocycles. The van der Waals surface area contributed by atoms with Crippen LogP contribution in [-0.4, -0.2) is 48.9 Å². The van der Waals surface area contributed by atoms with Gasteiger partial charge in [-0.1, -0.05) is 52.2 Å². The quantitative estimate of drug-likeness (QED) is 0.211. The minimum absolute atomic E-state index is 0.180. The van der Waals surface area contributed by atoms with E-state index in [2.05, 4.69) is 77.8 Å². The zero-order valence-corrected chi connectivity index (χ0v) is 22.7. The molecular formula is C30H50N2O. The number of piperazine rings is 1. The lowest BCUT2D eigenvalue weighted by Gasteiger charge is -2.31.